The highest BCUT2D eigenvalue weighted by atomic mass is 16.2. The first-order chi connectivity index (χ1) is 5.54. The van der Waals surface area contributed by atoms with Crippen molar-refractivity contribution < 1.29 is 9.59 Å². The largest absolute Gasteiger partial charge is 0.368 e. The van der Waals surface area contributed by atoms with Gasteiger partial charge in [0.2, 0.25) is 11.8 Å². The van der Waals surface area contributed by atoms with E-state index < -0.39 is 11.9 Å². The number of hydrogen-bond acceptors (Lipinski definition) is 2. The molecule has 0 spiro atoms. The lowest BCUT2D eigenvalue weighted by molar-refractivity contribution is -0.136. The van der Waals surface area contributed by atoms with Crippen molar-refractivity contribution in [2.24, 2.45) is 5.73 Å². The third kappa shape index (κ3) is 1.42. The van der Waals surface area contributed by atoms with Crippen molar-refractivity contribution in [1.82, 2.24) is 4.90 Å². The third-order valence-electron chi connectivity index (χ3n) is 2.37. The van der Waals surface area contributed by atoms with Crippen molar-refractivity contribution in [3.05, 3.63) is 0 Å². The van der Waals surface area contributed by atoms with Gasteiger partial charge in [0.1, 0.15) is 6.04 Å². The summed E-state index contributed by atoms with van der Waals surface area (Å²) in [5.74, 6) is -0.397. The summed E-state index contributed by atoms with van der Waals surface area (Å²) in [6, 6.07) is -0.310. The maximum Gasteiger partial charge on any atom is 0.239 e. The molecular formula is C8H14N2O2. The first-order valence-electron chi connectivity index (χ1n) is 4.14. The van der Waals surface area contributed by atoms with Crippen molar-refractivity contribution in [2.75, 3.05) is 0 Å². The van der Waals surface area contributed by atoms with Crippen molar-refractivity contribution in [3.63, 3.8) is 0 Å². The number of nitrogens with two attached hydrogens (primary N) is 1. The average molecular weight is 170 g/mol. The monoisotopic (exact) mass is 170 g/mol. The lowest BCUT2D eigenvalue weighted by Crippen LogP contribution is -2.46. The van der Waals surface area contributed by atoms with E-state index in [9.17, 15) is 9.59 Å². The molecule has 1 aliphatic heterocycles. The summed E-state index contributed by atoms with van der Waals surface area (Å²) in [6.07, 6.45) is 1.37. The second-order valence-electron chi connectivity index (χ2n) is 3.27. The molecule has 0 unspecified atom stereocenters. The molecule has 1 heterocycles. The van der Waals surface area contributed by atoms with Gasteiger partial charge in [-0.2, -0.15) is 0 Å². The highest BCUT2D eigenvalue weighted by Crippen LogP contribution is 2.20. The second kappa shape index (κ2) is 3.13. The van der Waals surface area contributed by atoms with E-state index in [4.69, 9.17) is 5.73 Å². The fourth-order valence-corrected chi connectivity index (χ4v) is 1.58. The maximum absolute atomic E-state index is 11.2. The van der Waals surface area contributed by atoms with Gasteiger partial charge < -0.3 is 10.6 Å². The molecule has 4 heteroatoms. The van der Waals surface area contributed by atoms with Gasteiger partial charge >= 0.3 is 0 Å². The van der Waals surface area contributed by atoms with E-state index in [2.05, 4.69) is 0 Å². The molecular weight excluding hydrogens is 156 g/mol. The minimum Gasteiger partial charge on any atom is -0.368 e. The van der Waals surface area contributed by atoms with Gasteiger partial charge in [-0.25, -0.2) is 0 Å². The smallest absolute Gasteiger partial charge is 0.239 e. The number of primary amides is 1. The Kier molecular flexibility index (Phi) is 2.35. The van der Waals surface area contributed by atoms with Gasteiger partial charge in [-0.15, -0.1) is 0 Å². The van der Waals surface area contributed by atoms with Gasteiger partial charge in [0, 0.05) is 12.5 Å². The Morgan fingerprint density at radius 3 is 2.67 bits per heavy atom. The fraction of sp³-hybridized carbons (Fsp3) is 0.750. The van der Waals surface area contributed by atoms with Crippen LogP contribution in [0, 0.1) is 0 Å². The molecule has 0 aromatic rings. The van der Waals surface area contributed by atoms with Gasteiger partial charge in [-0.1, -0.05) is 0 Å². The van der Waals surface area contributed by atoms with Crippen LogP contribution in [-0.2, 0) is 9.59 Å². The lowest BCUT2D eigenvalue weighted by Gasteiger charge is -2.26. The van der Waals surface area contributed by atoms with E-state index in [-0.39, 0.29) is 11.9 Å². The Morgan fingerprint density at radius 1 is 1.75 bits per heavy atom. The normalized spacial score (nSPS) is 26.0. The highest BCUT2D eigenvalue weighted by Gasteiger charge is 2.33. The number of rotatable bonds is 2. The number of likely N-dealkylation sites (tertiary alicyclic amines) is 1. The number of amides is 2. The Labute approximate surface area is 71.7 Å². The molecule has 0 aromatic heterocycles. The summed E-state index contributed by atoms with van der Waals surface area (Å²) < 4.78 is 0. The molecule has 1 rings (SSSR count). The summed E-state index contributed by atoms with van der Waals surface area (Å²) in [5, 5.41) is 0. The van der Waals surface area contributed by atoms with Gasteiger partial charge in [0.25, 0.3) is 0 Å². The van der Waals surface area contributed by atoms with Gasteiger partial charge in [-0.05, 0) is 20.3 Å². The average Bonchev–Trinajstić information content (AvgIpc) is 2.30. The first-order valence-corrected chi connectivity index (χ1v) is 4.14. The Bertz CT molecular complexity index is 215. The summed E-state index contributed by atoms with van der Waals surface area (Å²) in [5.41, 5.74) is 5.11. The zero-order valence-corrected chi connectivity index (χ0v) is 7.41. The van der Waals surface area contributed by atoms with Gasteiger partial charge in [0.15, 0.2) is 0 Å². The molecule has 0 aromatic carbocycles. The molecule has 2 atom stereocenters. The molecule has 0 aliphatic carbocycles. The molecule has 68 valence electrons. The van der Waals surface area contributed by atoms with E-state index in [1.165, 1.54) is 0 Å². The van der Waals surface area contributed by atoms with Crippen molar-refractivity contribution in [3.8, 4) is 0 Å². The predicted molar refractivity (Wildman–Crippen MR) is 44.2 cm³/mol. The molecule has 12 heavy (non-hydrogen) atoms. The topological polar surface area (TPSA) is 63.4 Å². The van der Waals surface area contributed by atoms with Crippen LogP contribution in [0.15, 0.2) is 0 Å². The number of nitrogens with zero attached hydrogens (tertiary/aromatic N) is 1. The van der Waals surface area contributed by atoms with Crippen LogP contribution in [0.1, 0.15) is 26.7 Å². The predicted octanol–water partition coefficient (Wildman–Crippen LogP) is -0.129. The highest BCUT2D eigenvalue weighted by molar-refractivity contribution is 5.87. The molecule has 0 saturated carbocycles. The zero-order valence-electron chi connectivity index (χ0n) is 7.41. The first kappa shape index (κ1) is 9.03. The van der Waals surface area contributed by atoms with Crippen LogP contribution in [0.5, 0.6) is 0 Å². The van der Waals surface area contributed by atoms with Crippen LogP contribution < -0.4 is 5.73 Å². The molecule has 0 radical (unpaired) electrons. The lowest BCUT2D eigenvalue weighted by atomic mass is 10.2. The fourth-order valence-electron chi connectivity index (χ4n) is 1.58. The van der Waals surface area contributed by atoms with Crippen LogP contribution in [0.4, 0.5) is 0 Å². The minimum atomic E-state index is -0.463. The molecule has 1 fully saturated rings. The van der Waals surface area contributed by atoms with Gasteiger partial charge in [0.05, 0.1) is 0 Å². The SMILES string of the molecule is C[C@H]1CCC(=O)N1[C@@H](C)C(N)=O. The summed E-state index contributed by atoms with van der Waals surface area (Å²) in [4.78, 5) is 23.6. The van der Waals surface area contributed by atoms with Gasteiger partial charge in [-0.3, -0.25) is 9.59 Å². The van der Waals surface area contributed by atoms with E-state index >= 15 is 0 Å². The third-order valence-corrected chi connectivity index (χ3v) is 2.37. The number of hydrogen-bond donors (Lipinski definition) is 1. The zero-order chi connectivity index (χ0) is 9.30. The maximum atomic E-state index is 11.2. The number of carbonyl (C=O) groups is 2. The molecule has 0 bridgehead atoms. The Balaban J connectivity index is 2.72. The molecule has 4 nitrogen and oxygen atoms in total. The molecule has 2 N–H and O–H groups in total. The van der Waals surface area contributed by atoms with Crippen molar-refractivity contribution in [2.45, 2.75) is 38.8 Å². The second-order valence-corrected chi connectivity index (χ2v) is 3.27. The van der Waals surface area contributed by atoms with Crippen LogP contribution >= 0.6 is 0 Å². The van der Waals surface area contributed by atoms with E-state index in [0.29, 0.717) is 6.42 Å². The van der Waals surface area contributed by atoms with E-state index in [0.717, 1.165) is 6.42 Å². The quantitative estimate of drug-likeness (QED) is 0.627. The Morgan fingerprint density at radius 2 is 2.33 bits per heavy atom. The molecule has 2 amide bonds. The number of carbonyl (C=O) groups excluding carboxylic acids is 2. The van der Waals surface area contributed by atoms with Crippen LogP contribution in [0.2, 0.25) is 0 Å². The van der Waals surface area contributed by atoms with E-state index in [1.807, 2.05) is 6.92 Å². The van der Waals surface area contributed by atoms with Crippen LogP contribution in [0.25, 0.3) is 0 Å². The molecule has 1 saturated heterocycles. The summed E-state index contributed by atoms with van der Waals surface area (Å²) in [6.45, 7) is 3.60. The summed E-state index contributed by atoms with van der Waals surface area (Å²) in [7, 11) is 0. The van der Waals surface area contributed by atoms with Crippen molar-refractivity contribution in [1.29, 1.82) is 0 Å². The van der Waals surface area contributed by atoms with E-state index in [1.54, 1.807) is 11.8 Å². The van der Waals surface area contributed by atoms with Crippen molar-refractivity contribution >= 4 is 11.8 Å². The van der Waals surface area contributed by atoms with Crippen LogP contribution in [-0.4, -0.2) is 28.8 Å². The molecule has 1 aliphatic rings. The minimum absolute atomic E-state index is 0.0359. The summed E-state index contributed by atoms with van der Waals surface area (Å²) >= 11 is 0. The van der Waals surface area contributed by atoms with Crippen LogP contribution in [0.3, 0.4) is 0 Å². The standard InChI is InChI=1S/C8H14N2O2/c1-5-3-4-7(11)10(5)6(2)8(9)12/h5-6H,3-4H2,1-2H3,(H2,9,12)/t5-,6-/m0/s1. The Hall–Kier alpha value is -1.06.